The van der Waals surface area contributed by atoms with E-state index in [2.05, 4.69) is 10.6 Å². The normalized spacial score (nSPS) is 15.7. The minimum absolute atomic E-state index is 0.0962. The molecule has 22 heavy (non-hydrogen) atoms. The fraction of sp³-hybridized carbons (Fsp3) is 0.529. The maximum absolute atomic E-state index is 12.4. The van der Waals surface area contributed by atoms with Crippen molar-refractivity contribution >= 4 is 17.5 Å². The van der Waals surface area contributed by atoms with Gasteiger partial charge in [-0.05, 0) is 31.0 Å². The van der Waals surface area contributed by atoms with Gasteiger partial charge in [-0.2, -0.15) is 0 Å². The lowest BCUT2D eigenvalue weighted by Gasteiger charge is -2.17. The van der Waals surface area contributed by atoms with Gasteiger partial charge in [-0.1, -0.05) is 25.7 Å². The van der Waals surface area contributed by atoms with Crippen LogP contribution >= 0.6 is 0 Å². The maximum Gasteiger partial charge on any atom is 0.251 e. The second-order valence-corrected chi connectivity index (χ2v) is 5.76. The summed E-state index contributed by atoms with van der Waals surface area (Å²) in [6.07, 6.45) is 6.93. The highest BCUT2D eigenvalue weighted by Gasteiger charge is 2.17. The first kappa shape index (κ1) is 16.3. The first-order valence-corrected chi connectivity index (χ1v) is 7.86. The van der Waals surface area contributed by atoms with Crippen molar-refractivity contribution in [2.24, 2.45) is 0 Å². The lowest BCUT2D eigenvalue weighted by molar-refractivity contribution is -0.114. The summed E-state index contributed by atoms with van der Waals surface area (Å²) < 4.78 is 5.20. The standard InChI is InChI=1S/C17H24N2O3/c1-12(20)18-15-11-13(9-10-16(15)22-2)17(21)19-14-7-5-3-4-6-8-14/h9-11,14H,3-8H2,1-2H3,(H,18,20)(H,19,21). The monoisotopic (exact) mass is 304 g/mol. The van der Waals surface area contributed by atoms with Gasteiger partial charge >= 0.3 is 0 Å². The Hall–Kier alpha value is -2.04. The van der Waals surface area contributed by atoms with Gasteiger partial charge in [0, 0.05) is 18.5 Å². The van der Waals surface area contributed by atoms with Crippen LogP contribution in [0.3, 0.4) is 0 Å². The third-order valence-corrected chi connectivity index (χ3v) is 3.96. The largest absolute Gasteiger partial charge is 0.495 e. The summed E-state index contributed by atoms with van der Waals surface area (Å²) >= 11 is 0. The van der Waals surface area contributed by atoms with Crippen LogP contribution in [0.1, 0.15) is 55.8 Å². The molecule has 0 bridgehead atoms. The molecular weight excluding hydrogens is 280 g/mol. The van der Waals surface area contributed by atoms with Crippen LogP contribution in [0.15, 0.2) is 18.2 Å². The van der Waals surface area contributed by atoms with Crippen molar-refractivity contribution in [3.63, 3.8) is 0 Å². The molecule has 1 aromatic carbocycles. The number of methoxy groups -OCH3 is 1. The first-order chi connectivity index (χ1) is 10.6. The van der Waals surface area contributed by atoms with Crippen LogP contribution in [-0.4, -0.2) is 25.0 Å². The number of ether oxygens (including phenoxy) is 1. The minimum Gasteiger partial charge on any atom is -0.495 e. The number of carbonyl (C=O) groups is 2. The molecule has 1 aliphatic carbocycles. The van der Waals surface area contributed by atoms with E-state index in [4.69, 9.17) is 4.74 Å². The van der Waals surface area contributed by atoms with Crippen molar-refractivity contribution in [3.05, 3.63) is 23.8 Å². The van der Waals surface area contributed by atoms with E-state index in [9.17, 15) is 9.59 Å². The molecule has 0 saturated heterocycles. The molecule has 120 valence electrons. The molecule has 1 aromatic rings. The summed E-state index contributed by atoms with van der Waals surface area (Å²) in [5.41, 5.74) is 1.05. The van der Waals surface area contributed by atoms with E-state index in [1.165, 1.54) is 39.7 Å². The zero-order chi connectivity index (χ0) is 15.9. The topological polar surface area (TPSA) is 67.4 Å². The number of nitrogens with one attached hydrogen (secondary N) is 2. The Morgan fingerprint density at radius 3 is 2.41 bits per heavy atom. The molecule has 0 spiro atoms. The van der Waals surface area contributed by atoms with Crippen LogP contribution in [0, 0.1) is 0 Å². The van der Waals surface area contributed by atoms with Crippen molar-refractivity contribution in [1.82, 2.24) is 5.32 Å². The second-order valence-electron chi connectivity index (χ2n) is 5.76. The molecule has 1 saturated carbocycles. The molecule has 0 atom stereocenters. The maximum atomic E-state index is 12.4. The lowest BCUT2D eigenvalue weighted by atomic mass is 10.1. The van der Waals surface area contributed by atoms with E-state index in [1.807, 2.05) is 0 Å². The van der Waals surface area contributed by atoms with Crippen LogP contribution in [0.5, 0.6) is 5.75 Å². The fourth-order valence-electron chi connectivity index (χ4n) is 2.83. The molecule has 5 heteroatoms. The average molecular weight is 304 g/mol. The number of hydrogen-bond acceptors (Lipinski definition) is 3. The van der Waals surface area contributed by atoms with Gasteiger partial charge in [0.25, 0.3) is 5.91 Å². The van der Waals surface area contributed by atoms with Gasteiger partial charge in [0.15, 0.2) is 0 Å². The van der Waals surface area contributed by atoms with E-state index in [0.29, 0.717) is 17.0 Å². The fourth-order valence-corrected chi connectivity index (χ4v) is 2.83. The first-order valence-electron chi connectivity index (χ1n) is 7.86. The summed E-state index contributed by atoms with van der Waals surface area (Å²) in [5.74, 6) is 0.252. The molecule has 2 amide bonds. The molecule has 2 N–H and O–H groups in total. The van der Waals surface area contributed by atoms with E-state index in [1.54, 1.807) is 18.2 Å². The Kier molecular flexibility index (Phi) is 5.81. The number of anilines is 1. The van der Waals surface area contributed by atoms with E-state index < -0.39 is 0 Å². The number of benzene rings is 1. The quantitative estimate of drug-likeness (QED) is 0.840. The van der Waals surface area contributed by atoms with E-state index in [-0.39, 0.29) is 17.9 Å². The van der Waals surface area contributed by atoms with Gasteiger partial charge in [-0.3, -0.25) is 9.59 Å². The highest BCUT2D eigenvalue weighted by Crippen LogP contribution is 2.26. The Labute approximate surface area is 131 Å². The van der Waals surface area contributed by atoms with Crippen molar-refractivity contribution in [2.45, 2.75) is 51.5 Å². The SMILES string of the molecule is COc1ccc(C(=O)NC2CCCCCC2)cc1NC(C)=O. The van der Waals surface area contributed by atoms with Gasteiger partial charge in [0.2, 0.25) is 5.91 Å². The molecule has 5 nitrogen and oxygen atoms in total. The molecule has 0 heterocycles. The third kappa shape index (κ3) is 4.48. The molecule has 0 aromatic heterocycles. The van der Waals surface area contributed by atoms with Crippen molar-refractivity contribution < 1.29 is 14.3 Å². The Balaban J connectivity index is 2.09. The summed E-state index contributed by atoms with van der Waals surface area (Å²) in [6, 6.07) is 5.33. The summed E-state index contributed by atoms with van der Waals surface area (Å²) in [7, 11) is 1.53. The van der Waals surface area contributed by atoms with Gasteiger partial charge < -0.3 is 15.4 Å². The lowest BCUT2D eigenvalue weighted by Crippen LogP contribution is -2.34. The molecule has 0 radical (unpaired) electrons. The van der Waals surface area contributed by atoms with E-state index in [0.717, 1.165) is 12.8 Å². The van der Waals surface area contributed by atoms with Gasteiger partial charge in [0.1, 0.15) is 5.75 Å². The van der Waals surface area contributed by atoms with Crippen LogP contribution in [0.2, 0.25) is 0 Å². The Morgan fingerprint density at radius 1 is 1.14 bits per heavy atom. The molecule has 1 aliphatic rings. The van der Waals surface area contributed by atoms with Crippen molar-refractivity contribution in [1.29, 1.82) is 0 Å². The van der Waals surface area contributed by atoms with Gasteiger partial charge in [-0.15, -0.1) is 0 Å². The minimum atomic E-state index is -0.195. The number of rotatable bonds is 4. The Morgan fingerprint density at radius 2 is 1.82 bits per heavy atom. The summed E-state index contributed by atoms with van der Waals surface area (Å²) in [6.45, 7) is 1.43. The second kappa shape index (κ2) is 7.82. The van der Waals surface area contributed by atoms with Crippen LogP contribution in [0.4, 0.5) is 5.69 Å². The molecular formula is C17H24N2O3. The highest BCUT2D eigenvalue weighted by molar-refractivity contribution is 5.98. The molecule has 0 unspecified atom stereocenters. The number of hydrogen-bond donors (Lipinski definition) is 2. The summed E-state index contributed by atoms with van der Waals surface area (Å²) in [4.78, 5) is 23.6. The van der Waals surface area contributed by atoms with Crippen molar-refractivity contribution in [2.75, 3.05) is 12.4 Å². The zero-order valence-corrected chi connectivity index (χ0v) is 13.3. The predicted molar refractivity (Wildman–Crippen MR) is 86.3 cm³/mol. The van der Waals surface area contributed by atoms with E-state index >= 15 is 0 Å². The van der Waals surface area contributed by atoms with Crippen LogP contribution in [0.25, 0.3) is 0 Å². The zero-order valence-electron chi connectivity index (χ0n) is 13.3. The number of amides is 2. The smallest absolute Gasteiger partial charge is 0.251 e. The van der Waals surface area contributed by atoms with Gasteiger partial charge in [-0.25, -0.2) is 0 Å². The molecule has 0 aliphatic heterocycles. The third-order valence-electron chi connectivity index (χ3n) is 3.96. The predicted octanol–water partition coefficient (Wildman–Crippen LogP) is 3.11. The van der Waals surface area contributed by atoms with Gasteiger partial charge in [0.05, 0.1) is 12.8 Å². The van der Waals surface area contributed by atoms with Crippen LogP contribution < -0.4 is 15.4 Å². The highest BCUT2D eigenvalue weighted by atomic mass is 16.5. The Bertz CT molecular complexity index is 535. The molecule has 2 rings (SSSR count). The summed E-state index contributed by atoms with van der Waals surface area (Å²) in [5, 5.41) is 5.79. The molecule has 1 fully saturated rings. The van der Waals surface area contributed by atoms with Crippen LogP contribution in [-0.2, 0) is 4.79 Å². The number of carbonyl (C=O) groups excluding carboxylic acids is 2. The average Bonchev–Trinajstić information content (AvgIpc) is 2.75. The van der Waals surface area contributed by atoms with Crippen molar-refractivity contribution in [3.8, 4) is 5.75 Å².